The van der Waals surface area contributed by atoms with Crippen LogP contribution in [-0.4, -0.2) is 35.9 Å². The predicted octanol–water partition coefficient (Wildman–Crippen LogP) is 4.58. The summed E-state index contributed by atoms with van der Waals surface area (Å²) in [6, 6.07) is 9.00. The molecular weight excluding hydrogens is 451 g/mol. The van der Waals surface area contributed by atoms with Crippen molar-refractivity contribution in [3.05, 3.63) is 54.2 Å². The molecule has 0 radical (unpaired) electrons. The third-order valence-corrected chi connectivity index (χ3v) is 6.13. The Kier molecular flexibility index (Phi) is 6.40. The molecule has 172 valence electrons. The Morgan fingerprint density at radius 3 is 2.47 bits per heavy atom. The summed E-state index contributed by atoms with van der Waals surface area (Å²) < 4.78 is 75.5. The number of hydrogen-bond acceptors (Lipinski definition) is 5. The standard InChI is InChI=1S/C21H20F3NO6S/c1-13(2)30-15-8-9-17-16(11-15)14(7-10-20(26)27)12-25(17)32(28,29)19-6-4-3-5-18(19)31-21(22,23)24/h3-6,8-9,11-13H,7,10H2,1-2H3,(H,26,27). The molecule has 0 aliphatic carbocycles. The van der Waals surface area contributed by atoms with E-state index in [9.17, 15) is 26.4 Å². The van der Waals surface area contributed by atoms with Crippen LogP contribution in [0.5, 0.6) is 11.5 Å². The van der Waals surface area contributed by atoms with Crippen LogP contribution in [0.3, 0.4) is 0 Å². The Labute approximate surface area is 182 Å². The van der Waals surface area contributed by atoms with Gasteiger partial charge in [0.15, 0.2) is 0 Å². The van der Waals surface area contributed by atoms with Crippen molar-refractivity contribution < 1.29 is 41.0 Å². The van der Waals surface area contributed by atoms with Gasteiger partial charge in [-0.2, -0.15) is 0 Å². The quantitative estimate of drug-likeness (QED) is 0.517. The molecule has 1 aromatic heterocycles. The summed E-state index contributed by atoms with van der Waals surface area (Å²) in [5.41, 5.74) is 0.567. The van der Waals surface area contributed by atoms with Crippen LogP contribution < -0.4 is 9.47 Å². The molecule has 3 rings (SSSR count). The van der Waals surface area contributed by atoms with Crippen molar-refractivity contribution in [2.75, 3.05) is 0 Å². The SMILES string of the molecule is CC(C)Oc1ccc2c(c1)c(CCC(=O)O)cn2S(=O)(=O)c1ccccc1OC(F)(F)F. The van der Waals surface area contributed by atoms with Crippen LogP contribution in [-0.2, 0) is 21.2 Å². The highest BCUT2D eigenvalue weighted by atomic mass is 32.2. The summed E-state index contributed by atoms with van der Waals surface area (Å²) in [5.74, 6) is -1.50. The van der Waals surface area contributed by atoms with Crippen molar-refractivity contribution in [1.29, 1.82) is 0 Å². The van der Waals surface area contributed by atoms with Crippen LogP contribution >= 0.6 is 0 Å². The van der Waals surface area contributed by atoms with Gasteiger partial charge in [0.25, 0.3) is 10.0 Å². The molecule has 0 fully saturated rings. The van der Waals surface area contributed by atoms with Crippen LogP contribution in [0.25, 0.3) is 10.9 Å². The highest BCUT2D eigenvalue weighted by Crippen LogP contribution is 2.34. The van der Waals surface area contributed by atoms with E-state index in [1.54, 1.807) is 6.07 Å². The molecule has 1 heterocycles. The van der Waals surface area contributed by atoms with Crippen molar-refractivity contribution in [3.63, 3.8) is 0 Å². The number of carboxylic acids is 1. The van der Waals surface area contributed by atoms with E-state index in [0.29, 0.717) is 16.7 Å². The molecule has 0 saturated heterocycles. The van der Waals surface area contributed by atoms with Gasteiger partial charge in [0, 0.05) is 18.0 Å². The third-order valence-electron chi connectivity index (χ3n) is 4.42. The summed E-state index contributed by atoms with van der Waals surface area (Å²) in [5, 5.41) is 9.46. The minimum atomic E-state index is -5.08. The highest BCUT2D eigenvalue weighted by Gasteiger charge is 2.34. The van der Waals surface area contributed by atoms with Crippen molar-refractivity contribution in [1.82, 2.24) is 3.97 Å². The Morgan fingerprint density at radius 1 is 1.16 bits per heavy atom. The van der Waals surface area contributed by atoms with E-state index in [1.807, 2.05) is 13.8 Å². The molecule has 0 bridgehead atoms. The number of carbonyl (C=O) groups is 1. The molecular formula is C21H20F3NO6S. The maximum Gasteiger partial charge on any atom is 0.573 e. The van der Waals surface area contributed by atoms with Gasteiger partial charge >= 0.3 is 12.3 Å². The number of ether oxygens (including phenoxy) is 2. The Balaban J connectivity index is 2.19. The molecule has 0 amide bonds. The average molecular weight is 471 g/mol. The average Bonchev–Trinajstić information content (AvgIpc) is 3.03. The molecule has 0 saturated carbocycles. The van der Waals surface area contributed by atoms with Crippen LogP contribution in [0.2, 0.25) is 0 Å². The number of benzene rings is 2. The molecule has 0 atom stereocenters. The van der Waals surface area contributed by atoms with Crippen molar-refractivity contribution >= 4 is 26.9 Å². The lowest BCUT2D eigenvalue weighted by Crippen LogP contribution is -2.20. The molecule has 11 heteroatoms. The lowest BCUT2D eigenvalue weighted by atomic mass is 10.1. The number of para-hydroxylation sites is 1. The second kappa shape index (κ2) is 8.73. The third kappa shape index (κ3) is 5.16. The van der Waals surface area contributed by atoms with Gasteiger partial charge in [-0.3, -0.25) is 4.79 Å². The van der Waals surface area contributed by atoms with Crippen molar-refractivity contribution in [3.8, 4) is 11.5 Å². The second-order valence-corrected chi connectivity index (χ2v) is 8.97. The number of hydrogen-bond donors (Lipinski definition) is 1. The van der Waals surface area contributed by atoms with Crippen LogP contribution in [0.4, 0.5) is 13.2 Å². The Hall–Kier alpha value is -3.21. The van der Waals surface area contributed by atoms with E-state index < -0.39 is 33.0 Å². The smallest absolute Gasteiger partial charge is 0.491 e. The number of aliphatic carboxylic acids is 1. The first-order chi connectivity index (χ1) is 14.9. The van der Waals surface area contributed by atoms with Gasteiger partial charge in [0.1, 0.15) is 16.4 Å². The molecule has 0 unspecified atom stereocenters. The van der Waals surface area contributed by atoms with E-state index >= 15 is 0 Å². The number of halogens is 3. The van der Waals surface area contributed by atoms with Crippen LogP contribution in [0.15, 0.2) is 53.6 Å². The normalized spacial score (nSPS) is 12.3. The number of rotatable bonds is 8. The van der Waals surface area contributed by atoms with Gasteiger partial charge in [-0.05, 0) is 56.2 Å². The Morgan fingerprint density at radius 2 is 1.84 bits per heavy atom. The molecule has 7 nitrogen and oxygen atoms in total. The summed E-state index contributed by atoms with van der Waals surface area (Å²) in [6.07, 6.45) is -4.28. The maximum absolute atomic E-state index is 13.3. The summed E-state index contributed by atoms with van der Waals surface area (Å²) in [4.78, 5) is 10.4. The van der Waals surface area contributed by atoms with Crippen molar-refractivity contribution in [2.45, 2.75) is 44.1 Å². The molecule has 3 aromatic rings. The summed E-state index contributed by atoms with van der Waals surface area (Å²) in [6.45, 7) is 3.62. The number of aromatic nitrogens is 1. The minimum Gasteiger partial charge on any atom is -0.491 e. The van der Waals surface area contributed by atoms with Crippen LogP contribution in [0.1, 0.15) is 25.8 Å². The first kappa shape index (κ1) is 23.5. The second-order valence-electron chi connectivity index (χ2n) is 7.19. The van der Waals surface area contributed by atoms with E-state index in [2.05, 4.69) is 4.74 Å². The largest absolute Gasteiger partial charge is 0.573 e. The number of carboxylic acid groups (broad SMARTS) is 1. The fourth-order valence-corrected chi connectivity index (χ4v) is 4.72. The first-order valence-corrected chi connectivity index (χ1v) is 11.0. The summed E-state index contributed by atoms with van der Waals surface area (Å²) >= 11 is 0. The fraction of sp³-hybridized carbons (Fsp3) is 0.286. The van der Waals surface area contributed by atoms with Gasteiger partial charge < -0.3 is 14.6 Å². The molecule has 2 aromatic carbocycles. The molecule has 0 spiro atoms. The highest BCUT2D eigenvalue weighted by molar-refractivity contribution is 7.90. The summed E-state index contributed by atoms with van der Waals surface area (Å²) in [7, 11) is -4.52. The van der Waals surface area contributed by atoms with E-state index in [0.717, 1.165) is 16.1 Å². The predicted molar refractivity (Wildman–Crippen MR) is 109 cm³/mol. The number of fused-ring (bicyclic) bond motifs is 1. The van der Waals surface area contributed by atoms with Gasteiger partial charge in [-0.15, -0.1) is 13.2 Å². The number of aryl methyl sites for hydroxylation is 1. The van der Waals surface area contributed by atoms with Gasteiger partial charge in [-0.25, -0.2) is 12.4 Å². The fourth-order valence-electron chi connectivity index (χ4n) is 3.21. The first-order valence-electron chi connectivity index (χ1n) is 9.51. The van der Waals surface area contributed by atoms with Gasteiger partial charge in [0.2, 0.25) is 0 Å². The monoisotopic (exact) mass is 471 g/mol. The lowest BCUT2D eigenvalue weighted by molar-refractivity contribution is -0.275. The van der Waals surface area contributed by atoms with Crippen molar-refractivity contribution in [2.24, 2.45) is 0 Å². The molecule has 1 N–H and O–H groups in total. The van der Waals surface area contributed by atoms with Crippen LogP contribution in [0, 0.1) is 0 Å². The minimum absolute atomic E-state index is 0.0141. The zero-order valence-corrected chi connectivity index (χ0v) is 17.9. The van der Waals surface area contributed by atoms with E-state index in [-0.39, 0.29) is 24.5 Å². The van der Waals surface area contributed by atoms with Gasteiger partial charge in [-0.1, -0.05) is 12.1 Å². The maximum atomic E-state index is 13.3. The molecule has 32 heavy (non-hydrogen) atoms. The molecule has 0 aliphatic heterocycles. The molecule has 0 aliphatic rings. The zero-order valence-electron chi connectivity index (χ0n) is 17.1. The Bertz CT molecular complexity index is 1250. The van der Waals surface area contributed by atoms with E-state index in [1.165, 1.54) is 30.5 Å². The zero-order chi connectivity index (χ0) is 23.7. The topological polar surface area (TPSA) is 94.8 Å². The van der Waals surface area contributed by atoms with Gasteiger partial charge in [0.05, 0.1) is 11.6 Å². The number of nitrogens with zero attached hydrogens (tertiary/aromatic N) is 1. The number of alkyl halides is 3. The van der Waals surface area contributed by atoms with E-state index in [4.69, 9.17) is 9.84 Å². The lowest BCUT2D eigenvalue weighted by Gasteiger charge is -2.14.